The molecule has 4 aromatic rings. The van der Waals surface area contributed by atoms with Crippen LogP contribution in [0.4, 0.5) is 13.2 Å². The van der Waals surface area contributed by atoms with Crippen molar-refractivity contribution in [1.82, 2.24) is 9.13 Å². The maximum Gasteiger partial charge on any atom is 0.416 e. The summed E-state index contributed by atoms with van der Waals surface area (Å²) in [5.74, 6) is 0. The second-order valence-corrected chi connectivity index (χ2v) is 8.49. The SMILES string of the molecule is Cc1sc2c(c1C)c(=O)n(-c1cccc(C(F)(F)F)c1)c(=O)n2Cc1ccccc1C#N. The number of halogens is 3. The Hall–Kier alpha value is -3.64. The third-order valence-corrected chi connectivity index (χ3v) is 6.58. The molecule has 0 aliphatic carbocycles. The Kier molecular flexibility index (Phi) is 5.26. The summed E-state index contributed by atoms with van der Waals surface area (Å²) in [7, 11) is 0. The van der Waals surface area contributed by atoms with Gasteiger partial charge in [-0.25, -0.2) is 9.36 Å². The summed E-state index contributed by atoms with van der Waals surface area (Å²) < 4.78 is 41.9. The summed E-state index contributed by atoms with van der Waals surface area (Å²) in [6.45, 7) is 3.55. The highest BCUT2D eigenvalue weighted by Crippen LogP contribution is 2.31. The Morgan fingerprint density at radius 1 is 1.06 bits per heavy atom. The number of rotatable bonds is 3. The third-order valence-electron chi connectivity index (χ3n) is 5.35. The van der Waals surface area contributed by atoms with Crippen molar-refractivity contribution in [3.8, 4) is 11.8 Å². The van der Waals surface area contributed by atoms with Crippen LogP contribution in [0.25, 0.3) is 15.9 Å². The molecular formula is C23H16F3N3O2S. The summed E-state index contributed by atoms with van der Waals surface area (Å²) >= 11 is 1.26. The van der Waals surface area contributed by atoms with Crippen LogP contribution in [-0.4, -0.2) is 9.13 Å². The number of nitrogens with zero attached hydrogens (tertiary/aromatic N) is 3. The lowest BCUT2D eigenvalue weighted by Gasteiger charge is -2.14. The molecule has 2 heterocycles. The lowest BCUT2D eigenvalue weighted by atomic mass is 10.1. The van der Waals surface area contributed by atoms with E-state index in [4.69, 9.17) is 0 Å². The van der Waals surface area contributed by atoms with Crippen molar-refractivity contribution in [2.75, 3.05) is 0 Å². The molecule has 0 N–H and O–H groups in total. The summed E-state index contributed by atoms with van der Waals surface area (Å²) in [5.41, 5.74) is -0.959. The molecule has 0 saturated heterocycles. The Balaban J connectivity index is 2.06. The predicted octanol–water partition coefficient (Wildman–Crippen LogP) is 4.77. The van der Waals surface area contributed by atoms with Gasteiger partial charge in [0.15, 0.2) is 0 Å². The molecule has 5 nitrogen and oxygen atoms in total. The highest BCUT2D eigenvalue weighted by Gasteiger charge is 2.31. The van der Waals surface area contributed by atoms with Crippen LogP contribution >= 0.6 is 11.3 Å². The van der Waals surface area contributed by atoms with Crippen molar-refractivity contribution < 1.29 is 13.2 Å². The molecular weight excluding hydrogens is 439 g/mol. The zero-order valence-corrected chi connectivity index (χ0v) is 17.8. The first-order valence-corrected chi connectivity index (χ1v) is 10.4. The second kappa shape index (κ2) is 7.80. The molecule has 0 amide bonds. The van der Waals surface area contributed by atoms with Crippen molar-refractivity contribution in [2.45, 2.75) is 26.6 Å². The number of hydrogen-bond donors (Lipinski definition) is 0. The van der Waals surface area contributed by atoms with Gasteiger partial charge in [-0.15, -0.1) is 11.3 Å². The molecule has 0 radical (unpaired) electrons. The van der Waals surface area contributed by atoms with Gasteiger partial charge in [-0.05, 0) is 49.2 Å². The van der Waals surface area contributed by atoms with Crippen molar-refractivity contribution >= 4 is 21.6 Å². The van der Waals surface area contributed by atoms with E-state index in [2.05, 4.69) is 6.07 Å². The van der Waals surface area contributed by atoms with Gasteiger partial charge in [0, 0.05) is 4.88 Å². The second-order valence-electron chi connectivity index (χ2n) is 7.29. The highest BCUT2D eigenvalue weighted by molar-refractivity contribution is 7.18. The molecule has 0 saturated carbocycles. The zero-order chi connectivity index (χ0) is 23.2. The quantitative estimate of drug-likeness (QED) is 0.447. The Labute approximate surface area is 184 Å². The molecule has 32 heavy (non-hydrogen) atoms. The fraction of sp³-hybridized carbons (Fsp3) is 0.174. The van der Waals surface area contributed by atoms with Crippen molar-refractivity contribution in [1.29, 1.82) is 5.26 Å². The molecule has 0 unspecified atom stereocenters. The molecule has 9 heteroatoms. The standard InChI is InChI=1S/C23H16F3N3O2S/c1-13-14(2)32-21-19(13)20(30)29(18-9-5-8-17(10-18)23(24,25)26)22(31)28(21)12-16-7-4-3-6-15(16)11-27/h3-10H,12H2,1-2H3. The van der Waals surface area contributed by atoms with Gasteiger partial charge < -0.3 is 0 Å². The number of thiophene rings is 1. The minimum absolute atomic E-state index is 0.00228. The van der Waals surface area contributed by atoms with Crippen LogP contribution in [0.3, 0.4) is 0 Å². The van der Waals surface area contributed by atoms with E-state index >= 15 is 0 Å². The number of benzene rings is 2. The lowest BCUT2D eigenvalue weighted by molar-refractivity contribution is -0.137. The minimum atomic E-state index is -4.62. The molecule has 4 rings (SSSR count). The molecule has 0 aliphatic rings. The molecule has 0 fully saturated rings. The first-order chi connectivity index (χ1) is 15.1. The van der Waals surface area contributed by atoms with Gasteiger partial charge in [-0.2, -0.15) is 18.4 Å². The molecule has 0 spiro atoms. The van der Waals surface area contributed by atoms with Gasteiger partial charge in [0.25, 0.3) is 5.56 Å². The van der Waals surface area contributed by atoms with Gasteiger partial charge in [0.2, 0.25) is 0 Å². The van der Waals surface area contributed by atoms with E-state index < -0.39 is 23.0 Å². The van der Waals surface area contributed by atoms with E-state index in [1.165, 1.54) is 22.0 Å². The van der Waals surface area contributed by atoms with Gasteiger partial charge in [-0.1, -0.05) is 24.3 Å². The first kappa shape index (κ1) is 21.6. The van der Waals surface area contributed by atoms with Crippen LogP contribution in [0.2, 0.25) is 0 Å². The van der Waals surface area contributed by atoms with E-state index in [9.17, 15) is 28.0 Å². The van der Waals surface area contributed by atoms with E-state index in [-0.39, 0.29) is 17.6 Å². The Morgan fingerprint density at radius 2 is 1.78 bits per heavy atom. The average Bonchev–Trinajstić information content (AvgIpc) is 3.05. The number of nitriles is 1. The Bertz CT molecular complexity index is 1520. The number of hydrogen-bond acceptors (Lipinski definition) is 4. The molecule has 2 aromatic carbocycles. The number of alkyl halides is 3. The van der Waals surface area contributed by atoms with E-state index in [1.807, 2.05) is 6.92 Å². The van der Waals surface area contributed by atoms with Gasteiger partial charge in [0.05, 0.1) is 34.8 Å². The van der Waals surface area contributed by atoms with Gasteiger partial charge in [-0.3, -0.25) is 9.36 Å². The van der Waals surface area contributed by atoms with Crippen LogP contribution in [-0.2, 0) is 12.7 Å². The first-order valence-electron chi connectivity index (χ1n) is 9.54. The summed E-state index contributed by atoms with van der Waals surface area (Å²) in [6.07, 6.45) is -4.62. The maximum absolute atomic E-state index is 13.5. The molecule has 0 aliphatic heterocycles. The lowest BCUT2D eigenvalue weighted by Crippen LogP contribution is -2.39. The van der Waals surface area contributed by atoms with Gasteiger partial charge >= 0.3 is 11.9 Å². The fourth-order valence-corrected chi connectivity index (χ4v) is 4.72. The number of aromatic nitrogens is 2. The molecule has 162 valence electrons. The Morgan fingerprint density at radius 3 is 2.47 bits per heavy atom. The van der Waals surface area contributed by atoms with Crippen molar-refractivity contribution in [3.05, 3.63) is 96.5 Å². The number of fused-ring (bicyclic) bond motifs is 1. The molecule has 0 bridgehead atoms. The zero-order valence-electron chi connectivity index (χ0n) is 17.0. The van der Waals surface area contributed by atoms with Gasteiger partial charge in [0.1, 0.15) is 4.83 Å². The fourth-order valence-electron chi connectivity index (χ4n) is 3.58. The van der Waals surface area contributed by atoms with E-state index in [0.717, 1.165) is 27.6 Å². The number of aryl methyl sites for hydroxylation is 2. The summed E-state index contributed by atoms with van der Waals surface area (Å²) in [4.78, 5) is 28.0. The van der Waals surface area contributed by atoms with Crippen LogP contribution in [0.15, 0.2) is 58.1 Å². The predicted molar refractivity (Wildman–Crippen MR) is 116 cm³/mol. The monoisotopic (exact) mass is 455 g/mol. The minimum Gasteiger partial charge on any atom is -0.279 e. The van der Waals surface area contributed by atoms with Crippen LogP contribution in [0.1, 0.15) is 27.1 Å². The van der Waals surface area contributed by atoms with Crippen LogP contribution in [0.5, 0.6) is 0 Å². The van der Waals surface area contributed by atoms with E-state index in [0.29, 0.717) is 21.5 Å². The third kappa shape index (κ3) is 3.52. The topological polar surface area (TPSA) is 67.8 Å². The van der Waals surface area contributed by atoms with E-state index in [1.54, 1.807) is 31.2 Å². The maximum atomic E-state index is 13.5. The van der Waals surface area contributed by atoms with Crippen LogP contribution in [0, 0.1) is 25.2 Å². The smallest absolute Gasteiger partial charge is 0.279 e. The average molecular weight is 455 g/mol. The molecule has 2 aromatic heterocycles. The van der Waals surface area contributed by atoms with Crippen LogP contribution < -0.4 is 11.2 Å². The highest BCUT2D eigenvalue weighted by atomic mass is 32.1. The normalized spacial score (nSPS) is 11.6. The van der Waals surface area contributed by atoms with Crippen molar-refractivity contribution in [3.63, 3.8) is 0 Å². The summed E-state index contributed by atoms with van der Waals surface area (Å²) in [5, 5.41) is 9.69. The molecule has 0 atom stereocenters. The van der Waals surface area contributed by atoms with Crippen molar-refractivity contribution in [2.24, 2.45) is 0 Å². The largest absolute Gasteiger partial charge is 0.416 e. The summed E-state index contributed by atoms with van der Waals surface area (Å²) in [6, 6.07) is 12.9.